The van der Waals surface area contributed by atoms with Crippen LogP contribution in [0.15, 0.2) is 0 Å². The second kappa shape index (κ2) is 8.63. The van der Waals surface area contributed by atoms with Crippen LogP contribution < -0.4 is 5.73 Å². The van der Waals surface area contributed by atoms with Crippen molar-refractivity contribution in [2.45, 2.75) is 53.0 Å². The first kappa shape index (κ1) is 17.4. The average Bonchev–Trinajstić information content (AvgIpc) is 2.45. The van der Waals surface area contributed by atoms with Gasteiger partial charge in [-0.25, -0.2) is 0 Å². The molecule has 20 heavy (non-hydrogen) atoms. The molecule has 118 valence electrons. The Labute approximate surface area is 124 Å². The maximum absolute atomic E-state index is 12.3. The molecule has 2 N–H and O–H groups in total. The van der Waals surface area contributed by atoms with Crippen LogP contribution in [-0.2, 0) is 4.79 Å². The maximum atomic E-state index is 12.3. The smallest absolute Gasteiger partial charge is 0.222 e. The van der Waals surface area contributed by atoms with E-state index in [2.05, 4.69) is 32.6 Å². The van der Waals surface area contributed by atoms with E-state index >= 15 is 0 Å². The molecule has 0 aliphatic carbocycles. The third kappa shape index (κ3) is 5.41. The molecule has 1 saturated heterocycles. The van der Waals surface area contributed by atoms with Crippen molar-refractivity contribution in [3.63, 3.8) is 0 Å². The quantitative estimate of drug-likeness (QED) is 0.777. The predicted octanol–water partition coefficient (Wildman–Crippen LogP) is 1.94. The molecular formula is C16H33N3O. The Morgan fingerprint density at radius 1 is 1.15 bits per heavy atom. The summed E-state index contributed by atoms with van der Waals surface area (Å²) in [5.74, 6) is 1.25. The second-order valence-electron chi connectivity index (χ2n) is 6.61. The van der Waals surface area contributed by atoms with Gasteiger partial charge in [-0.1, -0.05) is 20.8 Å². The molecule has 0 aromatic heterocycles. The summed E-state index contributed by atoms with van der Waals surface area (Å²) in [5.41, 5.74) is 5.80. The zero-order valence-corrected chi connectivity index (χ0v) is 13.8. The molecule has 0 radical (unpaired) electrons. The van der Waals surface area contributed by atoms with Crippen LogP contribution in [0.5, 0.6) is 0 Å². The van der Waals surface area contributed by atoms with Crippen molar-refractivity contribution < 1.29 is 4.79 Å². The van der Waals surface area contributed by atoms with Gasteiger partial charge >= 0.3 is 0 Å². The van der Waals surface area contributed by atoms with Gasteiger partial charge in [0.15, 0.2) is 0 Å². The van der Waals surface area contributed by atoms with Gasteiger partial charge in [0.1, 0.15) is 0 Å². The lowest BCUT2D eigenvalue weighted by molar-refractivity contribution is -0.134. The summed E-state index contributed by atoms with van der Waals surface area (Å²) >= 11 is 0. The van der Waals surface area contributed by atoms with Gasteiger partial charge in [-0.15, -0.1) is 0 Å². The molecule has 1 aliphatic rings. The summed E-state index contributed by atoms with van der Waals surface area (Å²) in [6.07, 6.45) is 2.85. The second-order valence-corrected chi connectivity index (χ2v) is 6.61. The summed E-state index contributed by atoms with van der Waals surface area (Å²) < 4.78 is 0. The van der Waals surface area contributed by atoms with Gasteiger partial charge in [0.05, 0.1) is 0 Å². The number of hydrogen-bond donors (Lipinski definition) is 1. The molecule has 1 fully saturated rings. The molecule has 0 aromatic rings. The minimum absolute atomic E-state index is 0.296. The fourth-order valence-electron chi connectivity index (χ4n) is 2.98. The van der Waals surface area contributed by atoms with E-state index in [-0.39, 0.29) is 0 Å². The van der Waals surface area contributed by atoms with Crippen molar-refractivity contribution >= 4 is 5.91 Å². The minimum atomic E-state index is 0.296. The molecule has 0 spiro atoms. The monoisotopic (exact) mass is 283 g/mol. The third-order valence-corrected chi connectivity index (χ3v) is 4.48. The minimum Gasteiger partial charge on any atom is -0.340 e. The van der Waals surface area contributed by atoms with Gasteiger partial charge in [-0.05, 0) is 38.1 Å². The lowest BCUT2D eigenvalue weighted by Gasteiger charge is -2.38. The molecule has 0 saturated carbocycles. The van der Waals surface area contributed by atoms with Crippen molar-refractivity contribution in [3.8, 4) is 0 Å². The van der Waals surface area contributed by atoms with Crippen molar-refractivity contribution in [3.05, 3.63) is 0 Å². The van der Waals surface area contributed by atoms with E-state index in [9.17, 15) is 4.79 Å². The van der Waals surface area contributed by atoms with Gasteiger partial charge in [0.25, 0.3) is 0 Å². The highest BCUT2D eigenvalue weighted by Crippen LogP contribution is 2.17. The molecule has 1 heterocycles. The largest absolute Gasteiger partial charge is 0.340 e. The van der Waals surface area contributed by atoms with E-state index in [0.717, 1.165) is 32.6 Å². The van der Waals surface area contributed by atoms with Crippen LogP contribution in [-0.4, -0.2) is 54.5 Å². The zero-order chi connectivity index (χ0) is 15.1. The molecule has 0 bridgehead atoms. The van der Waals surface area contributed by atoms with E-state index in [4.69, 9.17) is 5.73 Å². The number of nitrogens with zero attached hydrogens (tertiary/aromatic N) is 2. The molecule has 1 unspecified atom stereocenters. The number of amides is 1. The Bertz CT molecular complexity index is 285. The first-order valence-corrected chi connectivity index (χ1v) is 8.19. The summed E-state index contributed by atoms with van der Waals surface area (Å²) in [7, 11) is 0. The Morgan fingerprint density at radius 2 is 1.75 bits per heavy atom. The van der Waals surface area contributed by atoms with Gasteiger partial charge in [-0.3, -0.25) is 9.69 Å². The number of rotatable bonds is 7. The van der Waals surface area contributed by atoms with E-state index in [1.165, 1.54) is 6.42 Å². The third-order valence-electron chi connectivity index (χ3n) is 4.48. The van der Waals surface area contributed by atoms with Crippen LogP contribution in [0.25, 0.3) is 0 Å². The molecule has 4 heteroatoms. The molecule has 0 aromatic carbocycles. The summed E-state index contributed by atoms with van der Waals surface area (Å²) in [5, 5.41) is 0. The van der Waals surface area contributed by atoms with E-state index < -0.39 is 0 Å². The number of piperazine rings is 1. The van der Waals surface area contributed by atoms with Crippen LogP contribution >= 0.6 is 0 Å². The van der Waals surface area contributed by atoms with E-state index in [0.29, 0.717) is 36.8 Å². The fourth-order valence-corrected chi connectivity index (χ4v) is 2.98. The van der Waals surface area contributed by atoms with Gasteiger partial charge in [0.2, 0.25) is 5.91 Å². The standard InChI is InChI=1S/C16H33N3O/c1-5-14(4)18-6-8-19(9-7-18)16(20)11-15(12-17)10-13(2)3/h13-15H,5-12,17H2,1-4H3/t14?,15-/m0/s1. The van der Waals surface area contributed by atoms with Gasteiger partial charge in [-0.2, -0.15) is 0 Å². The number of carbonyl (C=O) groups excluding carboxylic acids is 1. The average molecular weight is 283 g/mol. The fraction of sp³-hybridized carbons (Fsp3) is 0.938. The summed E-state index contributed by atoms with van der Waals surface area (Å²) in [6, 6.07) is 0.630. The molecule has 1 rings (SSSR count). The molecule has 1 amide bonds. The number of nitrogens with two attached hydrogens (primary N) is 1. The lowest BCUT2D eigenvalue weighted by atomic mass is 9.93. The van der Waals surface area contributed by atoms with Crippen LogP contribution in [0.2, 0.25) is 0 Å². The predicted molar refractivity (Wildman–Crippen MR) is 84.5 cm³/mol. The highest BCUT2D eigenvalue weighted by Gasteiger charge is 2.24. The van der Waals surface area contributed by atoms with Crippen LogP contribution in [0, 0.1) is 11.8 Å². The first-order chi connectivity index (χ1) is 9.47. The van der Waals surface area contributed by atoms with E-state index in [1.54, 1.807) is 0 Å². The van der Waals surface area contributed by atoms with E-state index in [1.807, 2.05) is 4.90 Å². The van der Waals surface area contributed by atoms with Crippen LogP contribution in [0.3, 0.4) is 0 Å². The van der Waals surface area contributed by atoms with Crippen molar-refractivity contribution in [1.82, 2.24) is 9.80 Å². The number of hydrogen-bond acceptors (Lipinski definition) is 3. The molecule has 1 aliphatic heterocycles. The Balaban J connectivity index is 2.38. The van der Waals surface area contributed by atoms with Crippen LogP contribution in [0.1, 0.15) is 47.0 Å². The highest BCUT2D eigenvalue weighted by atomic mass is 16.2. The highest BCUT2D eigenvalue weighted by molar-refractivity contribution is 5.76. The maximum Gasteiger partial charge on any atom is 0.222 e. The van der Waals surface area contributed by atoms with Crippen molar-refractivity contribution in [2.75, 3.05) is 32.7 Å². The van der Waals surface area contributed by atoms with Crippen LogP contribution in [0.4, 0.5) is 0 Å². The van der Waals surface area contributed by atoms with Crippen molar-refractivity contribution in [1.29, 1.82) is 0 Å². The summed E-state index contributed by atoms with van der Waals surface area (Å²) in [6.45, 7) is 13.3. The van der Waals surface area contributed by atoms with Gasteiger partial charge < -0.3 is 10.6 Å². The lowest BCUT2D eigenvalue weighted by Crippen LogP contribution is -2.51. The Hall–Kier alpha value is -0.610. The summed E-state index contributed by atoms with van der Waals surface area (Å²) in [4.78, 5) is 16.9. The Morgan fingerprint density at radius 3 is 2.20 bits per heavy atom. The number of carbonyl (C=O) groups is 1. The first-order valence-electron chi connectivity index (χ1n) is 8.19. The molecule has 4 nitrogen and oxygen atoms in total. The van der Waals surface area contributed by atoms with Crippen molar-refractivity contribution in [2.24, 2.45) is 17.6 Å². The molecule has 2 atom stereocenters. The normalized spacial score (nSPS) is 20.2. The topological polar surface area (TPSA) is 49.6 Å². The zero-order valence-electron chi connectivity index (χ0n) is 13.8. The molecular weight excluding hydrogens is 250 g/mol. The SMILES string of the molecule is CCC(C)N1CCN(C(=O)C[C@@H](CN)CC(C)C)CC1. The Kier molecular flexibility index (Phi) is 7.52. The van der Waals surface area contributed by atoms with Gasteiger partial charge in [0, 0.05) is 38.6 Å².